The number of benzene rings is 2. The second-order valence-electron chi connectivity index (χ2n) is 9.53. The number of fused-ring (bicyclic) bond motifs is 4. The van der Waals surface area contributed by atoms with Crippen LogP contribution in [0.4, 0.5) is 4.79 Å². The molecule has 2 amide bonds. The minimum atomic E-state index is -0.950. The summed E-state index contributed by atoms with van der Waals surface area (Å²) >= 11 is 0. The Labute approximate surface area is 199 Å². The zero-order chi connectivity index (χ0) is 23.7. The van der Waals surface area contributed by atoms with Crippen molar-refractivity contribution in [3.05, 3.63) is 59.7 Å². The van der Waals surface area contributed by atoms with Gasteiger partial charge in [0.1, 0.15) is 12.1 Å². The summed E-state index contributed by atoms with van der Waals surface area (Å²) in [6.45, 7) is 1.21. The summed E-state index contributed by atoms with van der Waals surface area (Å²) < 4.78 is 5.53. The standard InChI is InChI=1S/C27H30N2O5/c30-24(29-15-7-8-18-16-27(18,29)25(31)32)13-5-6-14-28-26(33)34-17-23-21-11-3-1-9-19(21)20-10-2-4-12-22(20)23/h1-4,9-12,18,23H,5-8,13-17H2,(H,28,33)(H,31,32). The number of nitrogens with one attached hydrogen (secondary N) is 1. The molecule has 2 fully saturated rings. The van der Waals surface area contributed by atoms with Crippen molar-refractivity contribution in [1.29, 1.82) is 0 Å². The summed E-state index contributed by atoms with van der Waals surface area (Å²) in [4.78, 5) is 38.2. The van der Waals surface area contributed by atoms with Crippen molar-refractivity contribution in [2.75, 3.05) is 19.7 Å². The van der Waals surface area contributed by atoms with E-state index in [4.69, 9.17) is 4.74 Å². The van der Waals surface area contributed by atoms with Gasteiger partial charge in [0, 0.05) is 25.4 Å². The van der Waals surface area contributed by atoms with Crippen LogP contribution in [0.5, 0.6) is 0 Å². The third kappa shape index (κ3) is 3.93. The number of hydrogen-bond acceptors (Lipinski definition) is 4. The molecule has 3 aliphatic rings. The second kappa shape index (κ2) is 9.12. The molecule has 1 saturated heterocycles. The highest BCUT2D eigenvalue weighted by atomic mass is 16.5. The van der Waals surface area contributed by atoms with E-state index in [1.54, 1.807) is 4.90 Å². The van der Waals surface area contributed by atoms with Gasteiger partial charge in [0.25, 0.3) is 0 Å². The molecule has 2 unspecified atom stereocenters. The number of amides is 2. The van der Waals surface area contributed by atoms with Crippen LogP contribution < -0.4 is 5.32 Å². The van der Waals surface area contributed by atoms with E-state index in [-0.39, 0.29) is 24.3 Å². The van der Waals surface area contributed by atoms with E-state index >= 15 is 0 Å². The van der Waals surface area contributed by atoms with E-state index in [1.807, 2.05) is 24.3 Å². The van der Waals surface area contributed by atoms with Crippen LogP contribution in [0.15, 0.2) is 48.5 Å². The first-order valence-corrected chi connectivity index (χ1v) is 12.1. The lowest BCUT2D eigenvalue weighted by Crippen LogP contribution is -2.51. The van der Waals surface area contributed by atoms with E-state index in [0.29, 0.717) is 38.8 Å². The Kier molecular flexibility index (Phi) is 6.02. The summed E-state index contributed by atoms with van der Waals surface area (Å²) in [5.74, 6) is -0.834. The fourth-order valence-electron chi connectivity index (χ4n) is 5.78. The summed E-state index contributed by atoms with van der Waals surface area (Å²) in [5.41, 5.74) is 3.77. The highest BCUT2D eigenvalue weighted by Crippen LogP contribution is 2.54. The normalized spacial score (nSPS) is 22.4. The summed E-state index contributed by atoms with van der Waals surface area (Å²) in [6.07, 6.45) is 3.41. The van der Waals surface area contributed by atoms with Crippen molar-refractivity contribution in [3.8, 4) is 11.1 Å². The number of aliphatic carboxylic acids is 1. The van der Waals surface area contributed by atoms with Crippen LogP contribution in [-0.4, -0.2) is 53.2 Å². The van der Waals surface area contributed by atoms with Crippen LogP contribution in [0.3, 0.4) is 0 Å². The van der Waals surface area contributed by atoms with Gasteiger partial charge in [-0.2, -0.15) is 0 Å². The third-order valence-electron chi connectivity index (χ3n) is 7.59. The van der Waals surface area contributed by atoms with Gasteiger partial charge in [-0.1, -0.05) is 48.5 Å². The molecule has 2 aromatic carbocycles. The van der Waals surface area contributed by atoms with E-state index in [9.17, 15) is 19.5 Å². The molecule has 34 heavy (non-hydrogen) atoms. The van der Waals surface area contributed by atoms with Gasteiger partial charge < -0.3 is 20.1 Å². The second-order valence-corrected chi connectivity index (χ2v) is 9.53. The maximum absolute atomic E-state index is 12.6. The van der Waals surface area contributed by atoms with Crippen LogP contribution in [0.25, 0.3) is 11.1 Å². The van der Waals surface area contributed by atoms with Crippen LogP contribution in [0.1, 0.15) is 55.6 Å². The van der Waals surface area contributed by atoms with Crippen molar-refractivity contribution in [3.63, 3.8) is 0 Å². The Morgan fingerprint density at radius 1 is 1.03 bits per heavy atom. The molecule has 0 spiro atoms. The van der Waals surface area contributed by atoms with Gasteiger partial charge in [0.2, 0.25) is 5.91 Å². The lowest BCUT2D eigenvalue weighted by Gasteiger charge is -2.33. The molecule has 1 saturated carbocycles. The molecule has 178 valence electrons. The summed E-state index contributed by atoms with van der Waals surface area (Å²) in [5, 5.41) is 12.4. The smallest absolute Gasteiger partial charge is 0.407 e. The van der Waals surface area contributed by atoms with E-state index < -0.39 is 17.6 Å². The topological polar surface area (TPSA) is 95.9 Å². The molecule has 2 atom stereocenters. The molecule has 0 aromatic heterocycles. The van der Waals surface area contributed by atoms with Gasteiger partial charge in [-0.3, -0.25) is 4.79 Å². The first-order chi connectivity index (χ1) is 16.5. The van der Waals surface area contributed by atoms with Crippen LogP contribution in [0.2, 0.25) is 0 Å². The maximum atomic E-state index is 12.6. The molecule has 5 rings (SSSR count). The van der Waals surface area contributed by atoms with E-state index in [0.717, 1.165) is 12.8 Å². The van der Waals surface area contributed by atoms with Gasteiger partial charge in [-0.05, 0) is 60.3 Å². The maximum Gasteiger partial charge on any atom is 0.407 e. The largest absolute Gasteiger partial charge is 0.479 e. The number of carbonyl (C=O) groups is 3. The van der Waals surface area contributed by atoms with Crippen molar-refractivity contribution >= 4 is 18.0 Å². The number of unbranched alkanes of at least 4 members (excludes halogenated alkanes) is 1. The van der Waals surface area contributed by atoms with Crippen molar-refractivity contribution in [2.45, 2.75) is 50.0 Å². The number of ether oxygens (including phenoxy) is 1. The number of nitrogens with zero attached hydrogens (tertiary/aromatic N) is 1. The molecule has 0 bridgehead atoms. The molecule has 2 aromatic rings. The van der Waals surface area contributed by atoms with Gasteiger partial charge in [0.05, 0.1) is 0 Å². The highest BCUT2D eigenvalue weighted by Gasteiger charge is 2.66. The number of carboxylic acids is 1. The van der Waals surface area contributed by atoms with Crippen LogP contribution >= 0.6 is 0 Å². The molecule has 0 radical (unpaired) electrons. The molecule has 1 heterocycles. The van der Waals surface area contributed by atoms with E-state index in [1.165, 1.54) is 22.3 Å². The third-order valence-corrected chi connectivity index (χ3v) is 7.59. The quantitative estimate of drug-likeness (QED) is 0.575. The van der Waals surface area contributed by atoms with Gasteiger partial charge >= 0.3 is 12.1 Å². The van der Waals surface area contributed by atoms with E-state index in [2.05, 4.69) is 29.6 Å². The van der Waals surface area contributed by atoms with Crippen LogP contribution in [-0.2, 0) is 14.3 Å². The number of carboxylic acid groups (broad SMARTS) is 1. The number of piperidine rings is 1. The first-order valence-electron chi connectivity index (χ1n) is 12.1. The van der Waals surface area contributed by atoms with Gasteiger partial charge in [0.15, 0.2) is 0 Å². The zero-order valence-electron chi connectivity index (χ0n) is 19.2. The minimum Gasteiger partial charge on any atom is -0.479 e. The molecule has 1 aliphatic heterocycles. The average molecular weight is 463 g/mol. The molecule has 7 nitrogen and oxygen atoms in total. The Morgan fingerprint density at radius 2 is 1.71 bits per heavy atom. The number of carbonyl (C=O) groups excluding carboxylic acids is 2. The first kappa shape index (κ1) is 22.4. The number of alkyl carbamates (subject to hydrolysis) is 1. The summed E-state index contributed by atoms with van der Waals surface area (Å²) in [6, 6.07) is 16.4. The number of rotatable bonds is 8. The van der Waals surface area contributed by atoms with Gasteiger partial charge in [-0.25, -0.2) is 9.59 Å². The Hall–Kier alpha value is -3.35. The Balaban J connectivity index is 1.05. The number of hydrogen-bond donors (Lipinski definition) is 2. The predicted molar refractivity (Wildman–Crippen MR) is 126 cm³/mol. The predicted octanol–water partition coefficient (Wildman–Crippen LogP) is 4.16. The lowest BCUT2D eigenvalue weighted by molar-refractivity contribution is -0.154. The Morgan fingerprint density at radius 3 is 2.38 bits per heavy atom. The highest BCUT2D eigenvalue weighted by molar-refractivity contribution is 5.90. The molecular weight excluding hydrogens is 432 g/mol. The number of likely N-dealkylation sites (tertiary alicyclic amines) is 1. The fourth-order valence-corrected chi connectivity index (χ4v) is 5.78. The van der Waals surface area contributed by atoms with Gasteiger partial charge in [-0.15, -0.1) is 0 Å². The summed E-state index contributed by atoms with van der Waals surface area (Å²) in [7, 11) is 0. The Bertz CT molecular complexity index is 1070. The SMILES string of the molecule is O=C(NCCCCC(=O)N1CCCC2CC21C(=O)O)OCC1c2ccccc2-c2ccccc21. The average Bonchev–Trinajstić information content (AvgIpc) is 3.53. The molecular formula is C27H30N2O5. The van der Waals surface area contributed by atoms with Crippen LogP contribution in [0, 0.1) is 5.92 Å². The minimum absolute atomic E-state index is 0.0214. The zero-order valence-corrected chi connectivity index (χ0v) is 19.2. The van der Waals surface area contributed by atoms with Crippen molar-refractivity contribution < 1.29 is 24.2 Å². The fraction of sp³-hybridized carbons (Fsp3) is 0.444. The van der Waals surface area contributed by atoms with Crippen molar-refractivity contribution in [2.24, 2.45) is 5.92 Å². The molecule has 7 heteroatoms. The lowest BCUT2D eigenvalue weighted by atomic mass is 9.98. The monoisotopic (exact) mass is 462 g/mol. The van der Waals surface area contributed by atoms with Crippen molar-refractivity contribution in [1.82, 2.24) is 10.2 Å². The molecule has 2 aliphatic carbocycles. The molecule has 2 N–H and O–H groups in total.